The van der Waals surface area contributed by atoms with E-state index in [0.29, 0.717) is 12.5 Å². The molecule has 5 nitrogen and oxygen atoms in total. The van der Waals surface area contributed by atoms with Crippen molar-refractivity contribution in [3.8, 4) is 0 Å². The molecular weight excluding hydrogens is 232 g/mol. The topological polar surface area (TPSA) is 57.0 Å². The quantitative estimate of drug-likeness (QED) is 0.650. The van der Waals surface area contributed by atoms with Gasteiger partial charge in [0.1, 0.15) is 0 Å². The van der Waals surface area contributed by atoms with Crippen molar-refractivity contribution in [3.05, 3.63) is 0 Å². The molecule has 1 aliphatic heterocycles. The number of nitrogens with zero attached hydrogens (tertiary/aromatic N) is 1. The monoisotopic (exact) mass is 260 g/mol. The van der Waals surface area contributed by atoms with Gasteiger partial charge in [0.25, 0.3) is 0 Å². The molecular formula is C13H28N2O3. The van der Waals surface area contributed by atoms with E-state index in [2.05, 4.69) is 11.9 Å². The summed E-state index contributed by atoms with van der Waals surface area (Å²) in [5.41, 5.74) is 5.85. The Balaban J connectivity index is 2.37. The van der Waals surface area contributed by atoms with Gasteiger partial charge in [0, 0.05) is 46.4 Å². The lowest BCUT2D eigenvalue weighted by molar-refractivity contribution is -0.116. The largest absolute Gasteiger partial charge is 0.381 e. The molecule has 0 aromatic rings. The second-order valence-electron chi connectivity index (χ2n) is 5.05. The zero-order valence-corrected chi connectivity index (χ0v) is 11.9. The third-order valence-corrected chi connectivity index (χ3v) is 3.69. The Bertz CT molecular complexity index is 206. The van der Waals surface area contributed by atoms with Crippen molar-refractivity contribution in [2.45, 2.75) is 31.6 Å². The molecule has 108 valence electrons. The van der Waals surface area contributed by atoms with Gasteiger partial charge in [0.05, 0.1) is 6.61 Å². The SMILES string of the molecule is COC(CC(CN)N(C)CC1CCCOC1)OC. The maximum absolute atomic E-state index is 5.85. The number of rotatable bonds is 8. The highest BCUT2D eigenvalue weighted by Gasteiger charge is 2.22. The molecule has 18 heavy (non-hydrogen) atoms. The van der Waals surface area contributed by atoms with E-state index >= 15 is 0 Å². The Labute approximate surface area is 111 Å². The van der Waals surface area contributed by atoms with E-state index in [0.717, 1.165) is 26.2 Å². The van der Waals surface area contributed by atoms with Crippen LogP contribution in [0.5, 0.6) is 0 Å². The maximum atomic E-state index is 5.85. The number of methoxy groups -OCH3 is 2. The van der Waals surface area contributed by atoms with Crippen LogP contribution in [0.2, 0.25) is 0 Å². The van der Waals surface area contributed by atoms with Crippen molar-refractivity contribution < 1.29 is 14.2 Å². The van der Waals surface area contributed by atoms with E-state index in [1.807, 2.05) is 0 Å². The third-order valence-electron chi connectivity index (χ3n) is 3.69. The Hall–Kier alpha value is -0.200. The normalized spacial score (nSPS) is 22.7. The van der Waals surface area contributed by atoms with Crippen LogP contribution in [0.4, 0.5) is 0 Å². The summed E-state index contributed by atoms with van der Waals surface area (Å²) in [7, 11) is 5.45. The first kappa shape index (κ1) is 15.9. The first-order valence-corrected chi connectivity index (χ1v) is 6.74. The van der Waals surface area contributed by atoms with Crippen molar-refractivity contribution in [3.63, 3.8) is 0 Å². The van der Waals surface area contributed by atoms with E-state index in [4.69, 9.17) is 19.9 Å². The molecule has 2 atom stereocenters. The second-order valence-corrected chi connectivity index (χ2v) is 5.05. The number of hydrogen-bond donors (Lipinski definition) is 1. The second kappa shape index (κ2) is 8.82. The van der Waals surface area contributed by atoms with Crippen LogP contribution in [-0.2, 0) is 14.2 Å². The summed E-state index contributed by atoms with van der Waals surface area (Å²) in [5.74, 6) is 0.626. The van der Waals surface area contributed by atoms with Gasteiger partial charge < -0.3 is 24.8 Å². The lowest BCUT2D eigenvalue weighted by Crippen LogP contribution is -2.44. The van der Waals surface area contributed by atoms with Crippen LogP contribution < -0.4 is 5.73 Å². The molecule has 2 unspecified atom stereocenters. The summed E-state index contributed by atoms with van der Waals surface area (Å²) in [4.78, 5) is 2.31. The van der Waals surface area contributed by atoms with Crippen LogP contribution in [0.15, 0.2) is 0 Å². The Morgan fingerprint density at radius 2 is 2.11 bits per heavy atom. The van der Waals surface area contributed by atoms with E-state index in [9.17, 15) is 0 Å². The Morgan fingerprint density at radius 3 is 2.61 bits per heavy atom. The minimum atomic E-state index is -0.177. The fourth-order valence-corrected chi connectivity index (χ4v) is 2.47. The number of nitrogens with two attached hydrogens (primary N) is 1. The molecule has 1 fully saturated rings. The first-order valence-electron chi connectivity index (χ1n) is 6.74. The lowest BCUT2D eigenvalue weighted by Gasteiger charge is -2.33. The van der Waals surface area contributed by atoms with Crippen LogP contribution in [0.3, 0.4) is 0 Å². The Morgan fingerprint density at radius 1 is 1.39 bits per heavy atom. The van der Waals surface area contributed by atoms with Crippen LogP contribution in [0.25, 0.3) is 0 Å². The maximum Gasteiger partial charge on any atom is 0.158 e. The van der Waals surface area contributed by atoms with Gasteiger partial charge in [0.2, 0.25) is 0 Å². The van der Waals surface area contributed by atoms with Gasteiger partial charge in [-0.25, -0.2) is 0 Å². The molecule has 0 aromatic heterocycles. The molecule has 0 spiro atoms. The van der Waals surface area contributed by atoms with Crippen molar-refractivity contribution in [1.82, 2.24) is 4.90 Å². The van der Waals surface area contributed by atoms with Crippen molar-refractivity contribution in [2.24, 2.45) is 11.7 Å². The fraction of sp³-hybridized carbons (Fsp3) is 1.00. The van der Waals surface area contributed by atoms with Crippen LogP contribution in [-0.4, -0.2) is 64.8 Å². The number of ether oxygens (including phenoxy) is 3. The highest BCUT2D eigenvalue weighted by molar-refractivity contribution is 4.75. The average molecular weight is 260 g/mol. The molecule has 5 heteroatoms. The van der Waals surface area contributed by atoms with Gasteiger partial charge in [-0.3, -0.25) is 0 Å². The predicted molar refractivity (Wildman–Crippen MR) is 71.4 cm³/mol. The molecule has 1 heterocycles. The summed E-state index contributed by atoms with van der Waals surface area (Å²) in [6.45, 7) is 3.44. The van der Waals surface area contributed by atoms with E-state index in [1.165, 1.54) is 12.8 Å². The van der Waals surface area contributed by atoms with Gasteiger partial charge in [-0.2, -0.15) is 0 Å². The minimum absolute atomic E-state index is 0.177. The van der Waals surface area contributed by atoms with Gasteiger partial charge in [-0.15, -0.1) is 0 Å². The predicted octanol–water partition coefficient (Wildman–Crippen LogP) is 0.681. The molecule has 1 aliphatic rings. The van der Waals surface area contributed by atoms with Crippen LogP contribution >= 0.6 is 0 Å². The van der Waals surface area contributed by atoms with Gasteiger partial charge in [-0.05, 0) is 25.8 Å². The van der Waals surface area contributed by atoms with E-state index < -0.39 is 0 Å². The fourth-order valence-electron chi connectivity index (χ4n) is 2.47. The summed E-state index contributed by atoms with van der Waals surface area (Å²) in [6.07, 6.45) is 3.04. The number of likely N-dealkylation sites (N-methyl/N-ethyl adjacent to an activating group) is 1. The van der Waals surface area contributed by atoms with E-state index in [-0.39, 0.29) is 12.3 Å². The standard InChI is InChI=1S/C13H28N2O3/c1-15(9-11-5-4-6-18-10-11)12(8-14)7-13(16-2)17-3/h11-13H,4-10,14H2,1-3H3. The highest BCUT2D eigenvalue weighted by atomic mass is 16.7. The molecule has 1 rings (SSSR count). The molecule has 0 aromatic carbocycles. The first-order chi connectivity index (χ1) is 8.71. The number of hydrogen-bond acceptors (Lipinski definition) is 5. The zero-order valence-electron chi connectivity index (χ0n) is 11.9. The van der Waals surface area contributed by atoms with Gasteiger partial charge in [-0.1, -0.05) is 0 Å². The molecule has 0 amide bonds. The van der Waals surface area contributed by atoms with E-state index in [1.54, 1.807) is 14.2 Å². The van der Waals surface area contributed by atoms with Crippen molar-refractivity contribution in [2.75, 3.05) is 47.6 Å². The third kappa shape index (κ3) is 5.20. The van der Waals surface area contributed by atoms with Crippen molar-refractivity contribution >= 4 is 0 Å². The molecule has 2 N–H and O–H groups in total. The molecule has 0 saturated carbocycles. The molecule has 0 aliphatic carbocycles. The van der Waals surface area contributed by atoms with Gasteiger partial charge in [0.15, 0.2) is 6.29 Å². The molecule has 0 bridgehead atoms. The molecule has 1 saturated heterocycles. The smallest absolute Gasteiger partial charge is 0.158 e. The summed E-state index contributed by atoms with van der Waals surface area (Å²) < 4.78 is 16.0. The summed E-state index contributed by atoms with van der Waals surface area (Å²) in [6, 6.07) is 0.289. The van der Waals surface area contributed by atoms with Crippen LogP contribution in [0.1, 0.15) is 19.3 Å². The Kier molecular flexibility index (Phi) is 7.77. The zero-order chi connectivity index (χ0) is 13.4. The average Bonchev–Trinajstić information content (AvgIpc) is 2.41. The summed E-state index contributed by atoms with van der Waals surface area (Å²) >= 11 is 0. The van der Waals surface area contributed by atoms with Gasteiger partial charge >= 0.3 is 0 Å². The minimum Gasteiger partial charge on any atom is -0.381 e. The van der Waals surface area contributed by atoms with Crippen molar-refractivity contribution in [1.29, 1.82) is 0 Å². The summed E-state index contributed by atoms with van der Waals surface area (Å²) in [5, 5.41) is 0. The molecule has 0 radical (unpaired) electrons. The highest BCUT2D eigenvalue weighted by Crippen LogP contribution is 2.17. The van der Waals surface area contributed by atoms with Crippen LogP contribution in [0, 0.1) is 5.92 Å². The lowest BCUT2D eigenvalue weighted by atomic mass is 10.0.